The number of hydrazone groups is 2. The zero-order valence-corrected chi connectivity index (χ0v) is 15.9. The first-order valence-corrected chi connectivity index (χ1v) is 9.93. The normalized spacial score (nSPS) is 26.7. The molecule has 0 bridgehead atoms. The molecule has 2 atom stereocenters. The van der Waals surface area contributed by atoms with E-state index in [2.05, 4.69) is 34.9 Å². The van der Waals surface area contributed by atoms with E-state index in [1.165, 1.54) is 37.8 Å². The first-order chi connectivity index (χ1) is 12.6. The van der Waals surface area contributed by atoms with E-state index in [0.29, 0.717) is 17.4 Å². The van der Waals surface area contributed by atoms with Crippen molar-refractivity contribution in [3.05, 3.63) is 29.8 Å². The Morgan fingerprint density at radius 1 is 0.885 bits per heavy atom. The monoisotopic (exact) mass is 354 g/mol. The lowest BCUT2D eigenvalue weighted by molar-refractivity contribution is 0.0954. The van der Waals surface area contributed by atoms with E-state index < -0.39 is 0 Å². The van der Waals surface area contributed by atoms with Gasteiger partial charge < -0.3 is 0 Å². The van der Waals surface area contributed by atoms with Crippen molar-refractivity contribution in [1.82, 2.24) is 5.43 Å². The van der Waals surface area contributed by atoms with E-state index in [0.717, 1.165) is 30.7 Å². The Morgan fingerprint density at radius 2 is 1.46 bits per heavy atom. The van der Waals surface area contributed by atoms with Crippen molar-refractivity contribution >= 4 is 23.0 Å². The highest BCUT2D eigenvalue weighted by Crippen LogP contribution is 2.22. The summed E-state index contributed by atoms with van der Waals surface area (Å²) in [4.78, 5) is 12.3. The highest BCUT2D eigenvalue weighted by molar-refractivity contribution is 5.96. The Balaban J connectivity index is 1.56. The lowest BCUT2D eigenvalue weighted by Crippen LogP contribution is -2.24. The van der Waals surface area contributed by atoms with Gasteiger partial charge in [0.2, 0.25) is 0 Å². The summed E-state index contributed by atoms with van der Waals surface area (Å²) in [5.41, 5.74) is 9.71. The first kappa shape index (κ1) is 18.6. The number of benzene rings is 1. The fraction of sp³-hybridized carbons (Fsp3) is 0.571. The minimum Gasteiger partial charge on any atom is -0.279 e. The minimum atomic E-state index is -0.158. The Morgan fingerprint density at radius 3 is 2.04 bits per heavy atom. The standard InChI is InChI=1S/C21H30N4O/c1-15-7-3-5-9-19(15)23-22-18-13-11-17(12-14-18)21(26)25-24-20-10-6-4-8-16(20)2/h11-16,22H,3-10H2,1-2H3,(H,25,26)/b23-19?,24-20-/t15-,16-/m1/s1. The van der Waals surface area contributed by atoms with Gasteiger partial charge in [-0.05, 0) is 74.6 Å². The Bertz CT molecular complexity index is 678. The van der Waals surface area contributed by atoms with Crippen LogP contribution in [-0.4, -0.2) is 17.3 Å². The van der Waals surface area contributed by atoms with Gasteiger partial charge in [0.05, 0.1) is 5.69 Å². The van der Waals surface area contributed by atoms with Crippen LogP contribution in [0.25, 0.3) is 0 Å². The topological polar surface area (TPSA) is 65.8 Å². The number of carbonyl (C=O) groups excluding carboxylic acids is 1. The molecular weight excluding hydrogens is 324 g/mol. The number of amides is 1. The summed E-state index contributed by atoms with van der Waals surface area (Å²) in [7, 11) is 0. The number of anilines is 1. The summed E-state index contributed by atoms with van der Waals surface area (Å²) in [5, 5.41) is 8.91. The molecule has 0 radical (unpaired) electrons. The fourth-order valence-electron chi connectivity index (χ4n) is 3.69. The molecule has 1 aromatic rings. The molecule has 2 fully saturated rings. The van der Waals surface area contributed by atoms with Gasteiger partial charge in [0.15, 0.2) is 0 Å². The third-order valence-electron chi connectivity index (χ3n) is 5.55. The van der Waals surface area contributed by atoms with Crippen molar-refractivity contribution in [3.8, 4) is 0 Å². The number of nitrogens with zero attached hydrogens (tertiary/aromatic N) is 2. The van der Waals surface area contributed by atoms with E-state index in [9.17, 15) is 4.79 Å². The van der Waals surface area contributed by atoms with E-state index in [4.69, 9.17) is 0 Å². The summed E-state index contributed by atoms with van der Waals surface area (Å²) in [6, 6.07) is 7.41. The molecule has 1 amide bonds. The van der Waals surface area contributed by atoms with Crippen molar-refractivity contribution in [1.29, 1.82) is 0 Å². The molecule has 140 valence electrons. The molecule has 2 N–H and O–H groups in total. The van der Waals surface area contributed by atoms with Gasteiger partial charge in [-0.25, -0.2) is 5.43 Å². The van der Waals surface area contributed by atoms with Gasteiger partial charge in [0.1, 0.15) is 0 Å². The van der Waals surface area contributed by atoms with Gasteiger partial charge in [0.25, 0.3) is 5.91 Å². The second kappa shape index (κ2) is 8.97. The molecule has 0 unspecified atom stereocenters. The van der Waals surface area contributed by atoms with Crippen molar-refractivity contribution < 1.29 is 4.79 Å². The largest absolute Gasteiger partial charge is 0.279 e. The predicted octanol–water partition coefficient (Wildman–Crippen LogP) is 4.96. The van der Waals surface area contributed by atoms with Crippen LogP contribution in [0.1, 0.15) is 75.6 Å². The molecule has 26 heavy (non-hydrogen) atoms. The lowest BCUT2D eigenvalue weighted by Gasteiger charge is -2.20. The molecule has 0 aromatic heterocycles. The molecule has 5 heteroatoms. The van der Waals surface area contributed by atoms with E-state index >= 15 is 0 Å². The van der Waals surface area contributed by atoms with Crippen LogP contribution in [0, 0.1) is 11.8 Å². The SMILES string of the molecule is C[C@@H]1CCCCC1=NNc1ccc(C(=O)N/N=C2/CCCC[C@H]2C)cc1. The van der Waals surface area contributed by atoms with Crippen LogP contribution < -0.4 is 10.9 Å². The molecule has 0 spiro atoms. The fourth-order valence-corrected chi connectivity index (χ4v) is 3.69. The molecule has 0 saturated heterocycles. The summed E-state index contributed by atoms with van der Waals surface area (Å²) in [5.74, 6) is 0.869. The second-order valence-corrected chi connectivity index (χ2v) is 7.63. The van der Waals surface area contributed by atoms with Gasteiger partial charge in [-0.1, -0.05) is 26.7 Å². The number of carbonyl (C=O) groups is 1. The molecule has 0 heterocycles. The van der Waals surface area contributed by atoms with Gasteiger partial charge in [-0.3, -0.25) is 10.2 Å². The van der Waals surface area contributed by atoms with Crippen molar-refractivity contribution in [2.24, 2.45) is 22.0 Å². The maximum absolute atomic E-state index is 12.3. The quantitative estimate of drug-likeness (QED) is 0.751. The highest BCUT2D eigenvalue weighted by atomic mass is 16.2. The molecule has 5 nitrogen and oxygen atoms in total. The van der Waals surface area contributed by atoms with Gasteiger partial charge in [-0.15, -0.1) is 0 Å². The number of hydrogen-bond donors (Lipinski definition) is 2. The molecule has 2 saturated carbocycles. The van der Waals surface area contributed by atoms with Crippen molar-refractivity contribution in [2.75, 3.05) is 5.43 Å². The molecule has 1 aromatic carbocycles. The molecule has 2 aliphatic rings. The van der Waals surface area contributed by atoms with Gasteiger partial charge in [0, 0.05) is 17.0 Å². The molecule has 2 aliphatic carbocycles. The van der Waals surface area contributed by atoms with E-state index in [1.807, 2.05) is 24.3 Å². The summed E-state index contributed by atoms with van der Waals surface area (Å²) in [6.45, 7) is 4.42. The van der Waals surface area contributed by atoms with Gasteiger partial charge >= 0.3 is 0 Å². The van der Waals surface area contributed by atoms with Crippen LogP contribution >= 0.6 is 0 Å². The molecule has 3 rings (SSSR count). The highest BCUT2D eigenvalue weighted by Gasteiger charge is 2.17. The van der Waals surface area contributed by atoms with E-state index in [1.54, 1.807) is 0 Å². The second-order valence-electron chi connectivity index (χ2n) is 7.63. The molecular formula is C21H30N4O. The number of nitrogens with one attached hydrogen (secondary N) is 2. The molecule has 0 aliphatic heterocycles. The average molecular weight is 354 g/mol. The smallest absolute Gasteiger partial charge is 0.271 e. The minimum absolute atomic E-state index is 0.158. The van der Waals surface area contributed by atoms with Crippen molar-refractivity contribution in [3.63, 3.8) is 0 Å². The zero-order chi connectivity index (χ0) is 18.4. The maximum atomic E-state index is 12.3. The maximum Gasteiger partial charge on any atom is 0.271 e. The Labute approximate surface area is 156 Å². The van der Waals surface area contributed by atoms with Gasteiger partial charge in [-0.2, -0.15) is 10.2 Å². The Kier molecular flexibility index (Phi) is 6.42. The van der Waals surface area contributed by atoms with Crippen LogP contribution in [0.5, 0.6) is 0 Å². The zero-order valence-electron chi connectivity index (χ0n) is 15.9. The van der Waals surface area contributed by atoms with E-state index in [-0.39, 0.29) is 5.91 Å². The van der Waals surface area contributed by atoms with Crippen LogP contribution in [-0.2, 0) is 0 Å². The van der Waals surface area contributed by atoms with Crippen LogP contribution in [0.2, 0.25) is 0 Å². The third-order valence-corrected chi connectivity index (χ3v) is 5.55. The van der Waals surface area contributed by atoms with Crippen LogP contribution in [0.15, 0.2) is 34.5 Å². The predicted molar refractivity (Wildman–Crippen MR) is 108 cm³/mol. The van der Waals surface area contributed by atoms with Crippen molar-refractivity contribution in [2.45, 2.75) is 65.2 Å². The number of rotatable bonds is 4. The average Bonchev–Trinajstić information content (AvgIpc) is 2.67. The first-order valence-electron chi connectivity index (χ1n) is 9.93. The van der Waals surface area contributed by atoms with Crippen LogP contribution in [0.4, 0.5) is 5.69 Å². The summed E-state index contributed by atoms with van der Waals surface area (Å²) < 4.78 is 0. The van der Waals surface area contributed by atoms with Crippen LogP contribution in [0.3, 0.4) is 0 Å². The summed E-state index contributed by atoms with van der Waals surface area (Å²) >= 11 is 0. The lowest BCUT2D eigenvalue weighted by atomic mass is 9.89. The third kappa shape index (κ3) is 4.93. The summed E-state index contributed by atoms with van der Waals surface area (Å²) in [6.07, 6.45) is 9.40. The Hall–Kier alpha value is -2.17. The number of hydrogen-bond acceptors (Lipinski definition) is 4.